The van der Waals surface area contributed by atoms with Gasteiger partial charge in [-0.15, -0.1) is 0 Å². The molecule has 1 heterocycles. The average molecular weight is 535 g/mol. The van der Waals surface area contributed by atoms with Crippen LogP contribution in [0.25, 0.3) is 0 Å². The number of fused-ring (bicyclic) bond motifs is 1. The van der Waals surface area contributed by atoms with Gasteiger partial charge in [-0.3, -0.25) is 25.1 Å². The lowest BCUT2D eigenvalue weighted by Gasteiger charge is -2.45. The summed E-state index contributed by atoms with van der Waals surface area (Å²) in [6, 6.07) is 22.9. The van der Waals surface area contributed by atoms with E-state index in [0.717, 1.165) is 0 Å². The molecule has 11 heteroatoms. The highest BCUT2D eigenvalue weighted by atomic mass is 35.5. The number of amidine groups is 1. The minimum Gasteiger partial charge on any atom is -0.363 e. The van der Waals surface area contributed by atoms with Gasteiger partial charge in [0, 0.05) is 51.7 Å². The zero-order valence-electron chi connectivity index (χ0n) is 18.8. The fraction of sp³-hybridized carbons (Fsp3) is 0.0385. The number of benzene rings is 4. The number of aliphatic imine (C=N–C) groups is 1. The van der Waals surface area contributed by atoms with Gasteiger partial charge in [0.2, 0.25) is 5.72 Å². The Labute approximate surface area is 220 Å². The van der Waals surface area contributed by atoms with Crippen molar-refractivity contribution in [2.45, 2.75) is 5.72 Å². The fourth-order valence-electron chi connectivity index (χ4n) is 4.32. The van der Waals surface area contributed by atoms with Gasteiger partial charge in [-0.25, -0.2) is 4.99 Å². The molecule has 0 spiro atoms. The largest absolute Gasteiger partial charge is 0.363 e. The number of hydrogen-bond donors (Lipinski definition) is 1. The topological polar surface area (TPSA) is 122 Å². The Morgan fingerprint density at radius 3 is 1.97 bits per heavy atom. The van der Waals surface area contributed by atoms with Crippen molar-refractivity contribution in [3.8, 4) is 0 Å². The van der Waals surface area contributed by atoms with Crippen LogP contribution in [0, 0.1) is 20.2 Å². The first-order valence-corrected chi connectivity index (χ1v) is 11.6. The molecule has 1 aliphatic rings. The van der Waals surface area contributed by atoms with Crippen molar-refractivity contribution in [1.82, 2.24) is 0 Å². The van der Waals surface area contributed by atoms with Gasteiger partial charge in [-0.2, -0.15) is 0 Å². The summed E-state index contributed by atoms with van der Waals surface area (Å²) in [7, 11) is 0. The van der Waals surface area contributed by atoms with E-state index < -0.39 is 15.6 Å². The lowest BCUT2D eigenvalue weighted by Crippen LogP contribution is -2.53. The Balaban J connectivity index is 1.89. The Morgan fingerprint density at radius 1 is 0.757 bits per heavy atom. The van der Waals surface area contributed by atoms with Crippen LogP contribution in [-0.4, -0.2) is 20.8 Å². The SMILES string of the molecule is O=[N+]([O-])c1ccc(N2C(c3ccccc3Cl)=Nc3ccc([N+](=O)[O-])cc3C2(O)c2ccccc2Cl)cc1. The Kier molecular flexibility index (Phi) is 6.12. The lowest BCUT2D eigenvalue weighted by atomic mass is 9.87. The number of rotatable bonds is 5. The molecule has 9 nitrogen and oxygen atoms in total. The van der Waals surface area contributed by atoms with Gasteiger partial charge in [0.05, 0.1) is 20.6 Å². The molecule has 0 saturated heterocycles. The number of halogens is 2. The highest BCUT2D eigenvalue weighted by Gasteiger charge is 2.48. The van der Waals surface area contributed by atoms with Gasteiger partial charge in [0.1, 0.15) is 5.84 Å². The Morgan fingerprint density at radius 2 is 1.35 bits per heavy atom. The van der Waals surface area contributed by atoms with Crippen molar-refractivity contribution in [3.05, 3.63) is 138 Å². The first-order valence-electron chi connectivity index (χ1n) is 10.9. The van der Waals surface area contributed by atoms with Gasteiger partial charge < -0.3 is 5.11 Å². The molecule has 5 rings (SSSR count). The van der Waals surface area contributed by atoms with Crippen molar-refractivity contribution in [2.75, 3.05) is 4.90 Å². The highest BCUT2D eigenvalue weighted by Crippen LogP contribution is 2.49. The molecule has 4 aromatic rings. The third-order valence-electron chi connectivity index (χ3n) is 6.01. The molecule has 1 atom stereocenters. The van der Waals surface area contributed by atoms with Crippen LogP contribution in [0.2, 0.25) is 10.0 Å². The number of nitro groups is 2. The van der Waals surface area contributed by atoms with Crippen LogP contribution >= 0.6 is 23.2 Å². The van der Waals surface area contributed by atoms with Gasteiger partial charge in [0.25, 0.3) is 11.4 Å². The molecule has 0 aliphatic carbocycles. The normalized spacial score (nSPS) is 16.6. The molecule has 1 unspecified atom stereocenters. The summed E-state index contributed by atoms with van der Waals surface area (Å²) in [5, 5.41) is 36.1. The molecule has 184 valence electrons. The maximum atomic E-state index is 12.7. The Hall–Kier alpha value is -4.31. The van der Waals surface area contributed by atoms with Crippen molar-refractivity contribution >= 4 is 51.8 Å². The highest BCUT2D eigenvalue weighted by molar-refractivity contribution is 6.35. The van der Waals surface area contributed by atoms with E-state index in [4.69, 9.17) is 28.2 Å². The summed E-state index contributed by atoms with van der Waals surface area (Å²) >= 11 is 13.1. The van der Waals surface area contributed by atoms with Gasteiger partial charge >= 0.3 is 0 Å². The summed E-state index contributed by atoms with van der Waals surface area (Å²) in [5.41, 5.74) is -1.19. The second-order valence-electron chi connectivity index (χ2n) is 8.13. The molecule has 37 heavy (non-hydrogen) atoms. The fourth-order valence-corrected chi connectivity index (χ4v) is 4.81. The molecule has 1 N–H and O–H groups in total. The molecule has 0 saturated carbocycles. The predicted octanol–water partition coefficient (Wildman–Crippen LogP) is 6.60. The van der Waals surface area contributed by atoms with Crippen molar-refractivity contribution in [3.63, 3.8) is 0 Å². The number of aliphatic hydroxyl groups is 1. The summed E-state index contributed by atoms with van der Waals surface area (Å²) in [4.78, 5) is 28.0. The summed E-state index contributed by atoms with van der Waals surface area (Å²) in [6.45, 7) is 0. The summed E-state index contributed by atoms with van der Waals surface area (Å²) in [5.74, 6) is 0.211. The molecule has 0 bridgehead atoms. The second-order valence-corrected chi connectivity index (χ2v) is 8.95. The minimum atomic E-state index is -2.12. The Bertz CT molecular complexity index is 1590. The summed E-state index contributed by atoms with van der Waals surface area (Å²) < 4.78 is 0. The maximum Gasteiger partial charge on any atom is 0.270 e. The second kappa shape index (κ2) is 9.29. The van der Waals surface area contributed by atoms with E-state index in [1.807, 2.05) is 0 Å². The maximum absolute atomic E-state index is 12.7. The van der Waals surface area contributed by atoms with Crippen molar-refractivity contribution in [1.29, 1.82) is 0 Å². The predicted molar refractivity (Wildman–Crippen MR) is 141 cm³/mol. The zero-order valence-corrected chi connectivity index (χ0v) is 20.3. The third kappa shape index (κ3) is 4.09. The smallest absolute Gasteiger partial charge is 0.270 e. The van der Waals surface area contributed by atoms with E-state index in [2.05, 4.69) is 0 Å². The van der Waals surface area contributed by atoms with Crippen LogP contribution in [0.3, 0.4) is 0 Å². The van der Waals surface area contributed by atoms with Crippen LogP contribution in [-0.2, 0) is 5.72 Å². The minimum absolute atomic E-state index is 0.101. The number of hydrogen-bond acceptors (Lipinski definition) is 7. The lowest BCUT2D eigenvalue weighted by molar-refractivity contribution is -0.385. The number of nitrogens with zero attached hydrogens (tertiary/aromatic N) is 4. The van der Waals surface area contributed by atoms with E-state index in [9.17, 15) is 25.3 Å². The molecular weight excluding hydrogens is 519 g/mol. The average Bonchev–Trinajstić information content (AvgIpc) is 2.89. The van der Waals surface area contributed by atoms with Crippen molar-refractivity contribution in [2.24, 2.45) is 4.99 Å². The summed E-state index contributed by atoms with van der Waals surface area (Å²) in [6.07, 6.45) is 0. The van der Waals surface area contributed by atoms with Crippen molar-refractivity contribution < 1.29 is 15.0 Å². The monoisotopic (exact) mass is 534 g/mol. The first-order chi connectivity index (χ1) is 17.7. The van der Waals surface area contributed by atoms with E-state index in [1.54, 1.807) is 48.5 Å². The molecule has 0 amide bonds. The third-order valence-corrected chi connectivity index (χ3v) is 6.67. The molecule has 0 fully saturated rings. The van der Waals surface area contributed by atoms with Crippen LogP contribution in [0.1, 0.15) is 16.7 Å². The van der Waals surface area contributed by atoms with Crippen LogP contribution in [0.5, 0.6) is 0 Å². The first kappa shape index (κ1) is 24.4. The molecule has 1 aliphatic heterocycles. The van der Waals surface area contributed by atoms with Crippen LogP contribution in [0.15, 0.2) is 96.0 Å². The molecule has 4 aromatic carbocycles. The van der Waals surface area contributed by atoms with E-state index in [0.29, 0.717) is 16.3 Å². The number of nitro benzene ring substituents is 2. The standard InChI is InChI=1S/C26H16Cl2N4O5/c27-22-7-3-1-5-19(22)25-29-24-14-13-18(32(36)37)15-21(24)26(33,20-6-2-4-8-23(20)28)30(25)16-9-11-17(12-10-16)31(34)35/h1-15,33H. The van der Waals surface area contributed by atoms with E-state index >= 15 is 0 Å². The van der Waals surface area contributed by atoms with Crippen LogP contribution < -0.4 is 4.90 Å². The molecule has 0 aromatic heterocycles. The van der Waals surface area contributed by atoms with Gasteiger partial charge in [0.15, 0.2) is 0 Å². The molecule has 0 radical (unpaired) electrons. The quantitative estimate of drug-likeness (QED) is 0.227. The van der Waals surface area contributed by atoms with Gasteiger partial charge in [-0.1, -0.05) is 53.5 Å². The zero-order chi connectivity index (χ0) is 26.3. The van der Waals surface area contributed by atoms with Gasteiger partial charge in [-0.05, 0) is 36.4 Å². The van der Waals surface area contributed by atoms with E-state index in [-0.39, 0.29) is 39.0 Å². The van der Waals surface area contributed by atoms with Crippen LogP contribution in [0.4, 0.5) is 22.7 Å². The number of non-ortho nitro benzene ring substituents is 2. The molecular formula is C26H16Cl2N4O5. The number of anilines is 1. The van der Waals surface area contributed by atoms with E-state index in [1.165, 1.54) is 47.4 Å².